The quantitative estimate of drug-likeness (QED) is 0.788. The first-order valence-electron chi connectivity index (χ1n) is 7.33. The van der Waals surface area contributed by atoms with Crippen LogP contribution in [0, 0.1) is 0 Å². The lowest BCUT2D eigenvalue weighted by Gasteiger charge is -2.08. The third-order valence-electron chi connectivity index (χ3n) is 3.28. The summed E-state index contributed by atoms with van der Waals surface area (Å²) in [5.74, 6) is 0.420. The highest BCUT2D eigenvalue weighted by Crippen LogP contribution is 2.13. The molecule has 2 aromatic carbocycles. The van der Waals surface area contributed by atoms with Crippen LogP contribution in [0.4, 0.5) is 0 Å². The monoisotopic (exact) mass is 329 g/mol. The molecular weight excluding hydrogens is 310 g/mol. The van der Waals surface area contributed by atoms with E-state index in [9.17, 15) is 9.59 Å². The SMILES string of the molecule is COc1ccc(C(=O)OCC(=O)NCc2cccc(OC)c2)cc1. The van der Waals surface area contributed by atoms with Crippen molar-refractivity contribution in [1.29, 1.82) is 0 Å². The van der Waals surface area contributed by atoms with Gasteiger partial charge in [-0.3, -0.25) is 4.79 Å². The molecule has 6 nitrogen and oxygen atoms in total. The van der Waals surface area contributed by atoms with Crippen molar-refractivity contribution >= 4 is 11.9 Å². The molecule has 0 atom stereocenters. The van der Waals surface area contributed by atoms with Crippen LogP contribution in [0.3, 0.4) is 0 Å². The topological polar surface area (TPSA) is 73.9 Å². The third kappa shape index (κ3) is 5.01. The molecular formula is C18H19NO5. The van der Waals surface area contributed by atoms with Gasteiger partial charge in [-0.15, -0.1) is 0 Å². The fourth-order valence-electron chi connectivity index (χ4n) is 1.98. The zero-order valence-electron chi connectivity index (χ0n) is 13.6. The third-order valence-corrected chi connectivity index (χ3v) is 3.28. The molecule has 0 spiro atoms. The Kier molecular flexibility index (Phi) is 6.19. The summed E-state index contributed by atoms with van der Waals surface area (Å²) in [6.45, 7) is -0.00898. The number of carbonyl (C=O) groups is 2. The summed E-state index contributed by atoms with van der Waals surface area (Å²) < 4.78 is 15.1. The van der Waals surface area contributed by atoms with E-state index in [-0.39, 0.29) is 12.5 Å². The fourth-order valence-corrected chi connectivity index (χ4v) is 1.98. The first-order chi connectivity index (χ1) is 11.6. The molecule has 0 saturated carbocycles. The van der Waals surface area contributed by atoms with Crippen LogP contribution in [0.2, 0.25) is 0 Å². The zero-order valence-corrected chi connectivity index (χ0v) is 13.6. The Morgan fingerprint density at radius 2 is 1.67 bits per heavy atom. The van der Waals surface area contributed by atoms with Gasteiger partial charge in [-0.1, -0.05) is 12.1 Å². The number of benzene rings is 2. The van der Waals surface area contributed by atoms with E-state index in [4.69, 9.17) is 14.2 Å². The molecule has 0 unspecified atom stereocenters. The van der Waals surface area contributed by atoms with Gasteiger partial charge >= 0.3 is 5.97 Å². The van der Waals surface area contributed by atoms with E-state index in [2.05, 4.69) is 5.32 Å². The molecule has 0 radical (unpaired) electrons. The van der Waals surface area contributed by atoms with E-state index in [1.165, 1.54) is 0 Å². The van der Waals surface area contributed by atoms with Crippen molar-refractivity contribution in [2.24, 2.45) is 0 Å². The van der Waals surface area contributed by atoms with Crippen LogP contribution in [0.1, 0.15) is 15.9 Å². The number of hydrogen-bond acceptors (Lipinski definition) is 5. The average Bonchev–Trinajstić information content (AvgIpc) is 2.64. The van der Waals surface area contributed by atoms with Crippen LogP contribution in [0.25, 0.3) is 0 Å². The van der Waals surface area contributed by atoms with Gasteiger partial charge in [-0.05, 0) is 42.0 Å². The molecule has 0 aliphatic rings. The summed E-state index contributed by atoms with van der Waals surface area (Å²) in [6.07, 6.45) is 0. The van der Waals surface area contributed by atoms with Gasteiger partial charge in [0.2, 0.25) is 0 Å². The van der Waals surface area contributed by atoms with Gasteiger partial charge in [-0.2, -0.15) is 0 Å². The number of carbonyl (C=O) groups excluding carboxylic acids is 2. The first-order valence-corrected chi connectivity index (χ1v) is 7.33. The van der Waals surface area contributed by atoms with Gasteiger partial charge in [-0.25, -0.2) is 4.79 Å². The molecule has 0 saturated heterocycles. The van der Waals surface area contributed by atoms with Gasteiger partial charge in [0.1, 0.15) is 11.5 Å². The highest BCUT2D eigenvalue weighted by Gasteiger charge is 2.10. The van der Waals surface area contributed by atoms with E-state index in [0.29, 0.717) is 23.6 Å². The number of nitrogens with one attached hydrogen (secondary N) is 1. The Morgan fingerprint density at radius 3 is 2.33 bits per heavy atom. The highest BCUT2D eigenvalue weighted by atomic mass is 16.5. The normalized spacial score (nSPS) is 9.92. The fraction of sp³-hybridized carbons (Fsp3) is 0.222. The first kappa shape index (κ1) is 17.3. The van der Waals surface area contributed by atoms with Crippen molar-refractivity contribution in [2.45, 2.75) is 6.54 Å². The van der Waals surface area contributed by atoms with Gasteiger partial charge in [0.25, 0.3) is 5.91 Å². The van der Waals surface area contributed by atoms with Gasteiger partial charge in [0.15, 0.2) is 6.61 Å². The molecule has 1 N–H and O–H groups in total. The van der Waals surface area contributed by atoms with Gasteiger partial charge in [0, 0.05) is 6.54 Å². The maximum Gasteiger partial charge on any atom is 0.338 e. The van der Waals surface area contributed by atoms with Crippen LogP contribution >= 0.6 is 0 Å². The lowest BCUT2D eigenvalue weighted by Crippen LogP contribution is -2.28. The number of hydrogen-bond donors (Lipinski definition) is 1. The molecule has 0 heterocycles. The van der Waals surface area contributed by atoms with E-state index in [0.717, 1.165) is 5.56 Å². The lowest BCUT2D eigenvalue weighted by molar-refractivity contribution is -0.124. The predicted molar refractivity (Wildman–Crippen MR) is 88.1 cm³/mol. The molecule has 6 heteroatoms. The Morgan fingerprint density at radius 1 is 0.958 bits per heavy atom. The Bertz CT molecular complexity index is 697. The van der Waals surface area contributed by atoms with E-state index in [1.807, 2.05) is 24.3 Å². The minimum Gasteiger partial charge on any atom is -0.497 e. The van der Waals surface area contributed by atoms with Crippen molar-refractivity contribution in [1.82, 2.24) is 5.32 Å². The summed E-state index contributed by atoms with van der Waals surface area (Å²) in [5.41, 5.74) is 1.25. The zero-order chi connectivity index (χ0) is 17.4. The smallest absolute Gasteiger partial charge is 0.338 e. The van der Waals surface area contributed by atoms with Crippen LogP contribution in [-0.2, 0) is 16.1 Å². The highest BCUT2D eigenvalue weighted by molar-refractivity contribution is 5.91. The molecule has 2 rings (SSSR count). The average molecular weight is 329 g/mol. The maximum absolute atomic E-state index is 11.8. The van der Waals surface area contributed by atoms with Crippen LogP contribution in [0.5, 0.6) is 11.5 Å². The molecule has 0 aliphatic heterocycles. The summed E-state index contributed by atoms with van der Waals surface area (Å²) in [6, 6.07) is 13.8. The van der Waals surface area contributed by atoms with Crippen molar-refractivity contribution in [3.05, 3.63) is 59.7 Å². The minimum absolute atomic E-state index is 0.329. The molecule has 0 aliphatic carbocycles. The number of rotatable bonds is 7. The Hall–Kier alpha value is -3.02. The predicted octanol–water partition coefficient (Wildman–Crippen LogP) is 2.18. The molecule has 126 valence electrons. The van der Waals surface area contributed by atoms with E-state index in [1.54, 1.807) is 38.5 Å². The summed E-state index contributed by atoms with van der Waals surface area (Å²) in [5, 5.41) is 2.68. The van der Waals surface area contributed by atoms with Crippen molar-refractivity contribution in [3.8, 4) is 11.5 Å². The maximum atomic E-state index is 11.8. The molecule has 1 amide bonds. The molecule has 0 aromatic heterocycles. The number of amides is 1. The van der Waals surface area contributed by atoms with Gasteiger partial charge < -0.3 is 19.5 Å². The Balaban J connectivity index is 1.78. The summed E-state index contributed by atoms with van der Waals surface area (Å²) in [7, 11) is 3.12. The van der Waals surface area contributed by atoms with Crippen molar-refractivity contribution in [3.63, 3.8) is 0 Å². The minimum atomic E-state index is -0.561. The van der Waals surface area contributed by atoms with Crippen molar-refractivity contribution in [2.75, 3.05) is 20.8 Å². The van der Waals surface area contributed by atoms with Crippen LogP contribution < -0.4 is 14.8 Å². The molecule has 0 fully saturated rings. The number of ether oxygens (including phenoxy) is 3. The second kappa shape index (κ2) is 8.57. The van der Waals surface area contributed by atoms with E-state index >= 15 is 0 Å². The van der Waals surface area contributed by atoms with Crippen LogP contribution in [0.15, 0.2) is 48.5 Å². The summed E-state index contributed by atoms with van der Waals surface area (Å²) >= 11 is 0. The largest absolute Gasteiger partial charge is 0.497 e. The van der Waals surface area contributed by atoms with Crippen LogP contribution in [-0.4, -0.2) is 32.7 Å². The molecule has 24 heavy (non-hydrogen) atoms. The lowest BCUT2D eigenvalue weighted by atomic mass is 10.2. The van der Waals surface area contributed by atoms with Gasteiger partial charge in [0.05, 0.1) is 19.8 Å². The number of esters is 1. The molecule has 2 aromatic rings. The summed E-state index contributed by atoms with van der Waals surface area (Å²) in [4.78, 5) is 23.6. The van der Waals surface area contributed by atoms with E-state index < -0.39 is 5.97 Å². The standard InChI is InChI=1S/C18H19NO5/c1-22-15-8-6-14(7-9-15)18(21)24-12-17(20)19-11-13-4-3-5-16(10-13)23-2/h3-10H,11-12H2,1-2H3,(H,19,20). The number of methoxy groups -OCH3 is 2. The second-order valence-corrected chi connectivity index (χ2v) is 4.93. The molecule has 0 bridgehead atoms. The Labute approximate surface area is 140 Å². The van der Waals surface area contributed by atoms with Crippen molar-refractivity contribution < 1.29 is 23.8 Å². The second-order valence-electron chi connectivity index (χ2n) is 4.93.